The summed E-state index contributed by atoms with van der Waals surface area (Å²) < 4.78 is 18.3. The molecule has 1 aliphatic carbocycles. The Morgan fingerprint density at radius 2 is 1.44 bits per heavy atom. The molecule has 1 aliphatic rings. The molecule has 6 heteroatoms. The van der Waals surface area contributed by atoms with Gasteiger partial charge in [0.25, 0.3) is 0 Å². The number of ketones is 1. The second kappa shape index (κ2) is 14.2. The van der Waals surface area contributed by atoms with Crippen molar-refractivity contribution >= 4 is 11.8 Å². The number of benzene rings is 1. The third kappa shape index (κ3) is 8.81. The zero-order valence-electron chi connectivity index (χ0n) is 22.8. The highest BCUT2D eigenvalue weighted by molar-refractivity contribution is 6.05. The average molecular weight is 501 g/mol. The first-order chi connectivity index (χ1) is 17.0. The number of aliphatic carboxylic acids is 1. The third-order valence-corrected chi connectivity index (χ3v) is 6.25. The highest BCUT2D eigenvalue weighted by Crippen LogP contribution is 2.37. The number of carbonyl (C=O) groups is 2. The Bertz CT molecular complexity index is 914. The van der Waals surface area contributed by atoms with Crippen LogP contribution in [0.1, 0.15) is 77.6 Å². The lowest BCUT2D eigenvalue weighted by Gasteiger charge is -2.37. The first-order valence-electron chi connectivity index (χ1n) is 13.2. The van der Waals surface area contributed by atoms with Crippen LogP contribution in [0.15, 0.2) is 42.5 Å². The molecule has 0 fully saturated rings. The highest BCUT2D eigenvalue weighted by atomic mass is 16.5. The van der Waals surface area contributed by atoms with Crippen molar-refractivity contribution in [2.75, 3.05) is 19.8 Å². The lowest BCUT2D eigenvalue weighted by Crippen LogP contribution is -2.48. The third-order valence-electron chi connectivity index (χ3n) is 6.25. The van der Waals surface area contributed by atoms with Gasteiger partial charge >= 0.3 is 5.97 Å². The summed E-state index contributed by atoms with van der Waals surface area (Å²) in [5.74, 6) is 0.634. The van der Waals surface area contributed by atoms with E-state index in [4.69, 9.17) is 14.2 Å². The molecule has 0 heterocycles. The molecule has 0 radical (unpaired) electrons. The standard InChI is InChI=1S/C30H44O6/c1-21(2)12-16-34-26-11-10-24(19-27(26)35-17-13-22(3)4)29(33)30(36-18-14-23(5)6)15-8-7-9-25(30)20-28(31)32/h7-11,15,19,21-23,25H,12-14,16-18,20H2,1-6H3,(H,31,32). The maximum absolute atomic E-state index is 14.0. The summed E-state index contributed by atoms with van der Waals surface area (Å²) in [7, 11) is 0. The topological polar surface area (TPSA) is 82.1 Å². The summed E-state index contributed by atoms with van der Waals surface area (Å²) >= 11 is 0. The van der Waals surface area contributed by atoms with Gasteiger partial charge in [-0.3, -0.25) is 9.59 Å². The molecule has 0 bridgehead atoms. The molecule has 6 nitrogen and oxygen atoms in total. The van der Waals surface area contributed by atoms with Crippen LogP contribution in [0.4, 0.5) is 0 Å². The van der Waals surface area contributed by atoms with Gasteiger partial charge in [-0.15, -0.1) is 0 Å². The van der Waals surface area contributed by atoms with Crippen LogP contribution >= 0.6 is 0 Å². The Morgan fingerprint density at radius 3 is 2.03 bits per heavy atom. The molecule has 0 amide bonds. The minimum absolute atomic E-state index is 0.206. The molecule has 0 aromatic heterocycles. The normalized spacial score (nSPS) is 19.3. The van der Waals surface area contributed by atoms with Gasteiger partial charge in [0.15, 0.2) is 22.9 Å². The van der Waals surface area contributed by atoms with Crippen molar-refractivity contribution in [2.24, 2.45) is 23.7 Å². The highest BCUT2D eigenvalue weighted by Gasteiger charge is 2.46. The Labute approximate surface area is 216 Å². The molecular weight excluding hydrogens is 456 g/mol. The van der Waals surface area contributed by atoms with E-state index in [0.29, 0.717) is 54.6 Å². The van der Waals surface area contributed by atoms with E-state index < -0.39 is 17.5 Å². The maximum atomic E-state index is 14.0. The molecule has 0 saturated carbocycles. The van der Waals surface area contributed by atoms with Gasteiger partial charge in [-0.2, -0.15) is 0 Å². The first kappa shape index (κ1) is 29.6. The van der Waals surface area contributed by atoms with Crippen molar-refractivity contribution < 1.29 is 28.9 Å². The van der Waals surface area contributed by atoms with Crippen molar-refractivity contribution in [3.8, 4) is 11.5 Å². The number of ether oxygens (including phenoxy) is 3. The van der Waals surface area contributed by atoms with E-state index in [0.717, 1.165) is 19.3 Å². The Hall–Kier alpha value is -2.60. The Balaban J connectivity index is 2.41. The predicted molar refractivity (Wildman–Crippen MR) is 143 cm³/mol. The Morgan fingerprint density at radius 1 is 0.861 bits per heavy atom. The van der Waals surface area contributed by atoms with E-state index in [-0.39, 0.29) is 12.2 Å². The fraction of sp³-hybridized carbons (Fsp3) is 0.600. The zero-order valence-corrected chi connectivity index (χ0v) is 22.8. The molecule has 1 aromatic rings. The van der Waals surface area contributed by atoms with E-state index >= 15 is 0 Å². The minimum atomic E-state index is -1.39. The number of carboxylic acid groups (broad SMARTS) is 1. The fourth-order valence-corrected chi connectivity index (χ4v) is 3.92. The molecule has 2 unspecified atom stereocenters. The predicted octanol–water partition coefficient (Wildman–Crippen LogP) is 6.74. The molecule has 2 rings (SSSR count). The van der Waals surface area contributed by atoms with Gasteiger partial charge in [0, 0.05) is 18.1 Å². The van der Waals surface area contributed by atoms with E-state index in [2.05, 4.69) is 41.5 Å². The summed E-state index contributed by atoms with van der Waals surface area (Å²) in [6, 6.07) is 5.21. The zero-order chi connectivity index (χ0) is 26.7. The summed E-state index contributed by atoms with van der Waals surface area (Å²) in [6.07, 6.45) is 9.33. The lowest BCUT2D eigenvalue weighted by molar-refractivity contribution is -0.139. The number of allylic oxidation sites excluding steroid dienone is 2. The Kier molecular flexibility index (Phi) is 11.7. The molecule has 0 saturated heterocycles. The van der Waals surface area contributed by atoms with Gasteiger partial charge in [-0.1, -0.05) is 59.8 Å². The second-order valence-corrected chi connectivity index (χ2v) is 10.8. The maximum Gasteiger partial charge on any atom is 0.304 e. The summed E-state index contributed by atoms with van der Waals surface area (Å²) in [5, 5.41) is 9.55. The van der Waals surface area contributed by atoms with Crippen LogP contribution < -0.4 is 9.47 Å². The SMILES string of the molecule is CC(C)CCOc1ccc(C(=O)C2(OCCC(C)C)C=CC=CC2CC(=O)O)cc1OCCC(C)C. The van der Waals surface area contributed by atoms with Gasteiger partial charge in [-0.05, 0) is 61.3 Å². The van der Waals surface area contributed by atoms with Crippen molar-refractivity contribution in [3.05, 3.63) is 48.1 Å². The van der Waals surface area contributed by atoms with Gasteiger partial charge in [0.2, 0.25) is 0 Å². The average Bonchev–Trinajstić information content (AvgIpc) is 2.79. The van der Waals surface area contributed by atoms with Crippen molar-refractivity contribution in [1.29, 1.82) is 0 Å². The number of carboxylic acids is 1. The molecule has 1 aromatic carbocycles. The number of rotatable bonds is 16. The molecular formula is C30H44O6. The van der Waals surface area contributed by atoms with E-state index in [1.165, 1.54) is 0 Å². The van der Waals surface area contributed by atoms with E-state index in [1.54, 1.807) is 42.5 Å². The second-order valence-electron chi connectivity index (χ2n) is 10.8. The molecule has 0 spiro atoms. The van der Waals surface area contributed by atoms with Crippen molar-refractivity contribution in [3.63, 3.8) is 0 Å². The fourth-order valence-electron chi connectivity index (χ4n) is 3.92. The van der Waals surface area contributed by atoms with Gasteiger partial charge in [0.1, 0.15) is 0 Å². The summed E-state index contributed by atoms with van der Waals surface area (Å²) in [4.78, 5) is 25.7. The first-order valence-corrected chi connectivity index (χ1v) is 13.2. The molecule has 200 valence electrons. The molecule has 2 atom stereocenters. The van der Waals surface area contributed by atoms with Crippen LogP contribution in [-0.4, -0.2) is 42.3 Å². The summed E-state index contributed by atoms with van der Waals surface area (Å²) in [5.41, 5.74) is -0.984. The van der Waals surface area contributed by atoms with Crippen LogP contribution in [0.25, 0.3) is 0 Å². The van der Waals surface area contributed by atoms with Crippen LogP contribution in [0.3, 0.4) is 0 Å². The van der Waals surface area contributed by atoms with Gasteiger partial charge < -0.3 is 19.3 Å². The quantitative estimate of drug-likeness (QED) is 0.253. The van der Waals surface area contributed by atoms with Gasteiger partial charge in [-0.25, -0.2) is 0 Å². The van der Waals surface area contributed by atoms with Crippen LogP contribution in [0.2, 0.25) is 0 Å². The summed E-state index contributed by atoms with van der Waals surface area (Å²) in [6.45, 7) is 14.1. The molecule has 1 N–H and O–H groups in total. The minimum Gasteiger partial charge on any atom is -0.490 e. The monoisotopic (exact) mass is 500 g/mol. The van der Waals surface area contributed by atoms with Crippen LogP contribution in [0, 0.1) is 23.7 Å². The van der Waals surface area contributed by atoms with E-state index in [1.807, 2.05) is 0 Å². The number of carbonyl (C=O) groups excluding carboxylic acids is 1. The molecule has 36 heavy (non-hydrogen) atoms. The van der Waals surface area contributed by atoms with Gasteiger partial charge in [0.05, 0.1) is 19.6 Å². The van der Waals surface area contributed by atoms with Crippen molar-refractivity contribution in [1.82, 2.24) is 0 Å². The molecule has 0 aliphatic heterocycles. The van der Waals surface area contributed by atoms with E-state index in [9.17, 15) is 14.7 Å². The number of Topliss-reactive ketones (excluding diaryl/α,β-unsaturated/α-hetero) is 1. The van der Waals surface area contributed by atoms with Crippen LogP contribution in [-0.2, 0) is 9.53 Å². The number of hydrogen-bond acceptors (Lipinski definition) is 5. The number of hydrogen-bond donors (Lipinski definition) is 1. The largest absolute Gasteiger partial charge is 0.490 e. The lowest BCUT2D eigenvalue weighted by atomic mass is 9.76. The van der Waals surface area contributed by atoms with Crippen molar-refractivity contribution in [2.45, 2.75) is 72.8 Å². The van der Waals surface area contributed by atoms with Crippen LogP contribution in [0.5, 0.6) is 11.5 Å². The smallest absolute Gasteiger partial charge is 0.304 e.